The summed E-state index contributed by atoms with van der Waals surface area (Å²) in [6.07, 6.45) is 3.34. The first-order valence-electron chi connectivity index (χ1n) is 3.26. The third-order valence-corrected chi connectivity index (χ3v) is 0.418. The van der Waals surface area contributed by atoms with Gasteiger partial charge in [0.05, 0.1) is 0 Å². The molecule has 0 N–H and O–H groups in total. The van der Waals surface area contributed by atoms with Crippen LogP contribution >= 0.6 is 12.6 Å². The van der Waals surface area contributed by atoms with E-state index in [0.29, 0.717) is 4.91 Å². The summed E-state index contributed by atoms with van der Waals surface area (Å²) in [5.74, 6) is 0. The second-order valence-corrected chi connectivity index (χ2v) is 1.68. The highest BCUT2D eigenvalue weighted by Gasteiger charge is 1.60. The average molecular weight is 158 g/mol. The zero-order valence-electron chi connectivity index (χ0n) is 7.22. The largest absolute Gasteiger partial charge is 0.144 e. The Morgan fingerprint density at radius 1 is 1.30 bits per heavy atom. The SMILES string of the molecule is C=CC.C=CC(=C)S.CC. The van der Waals surface area contributed by atoms with E-state index < -0.39 is 0 Å². The van der Waals surface area contributed by atoms with Crippen LogP contribution in [0.2, 0.25) is 0 Å². The third-order valence-electron chi connectivity index (χ3n) is 0.236. The van der Waals surface area contributed by atoms with Gasteiger partial charge in [-0.1, -0.05) is 39.2 Å². The molecule has 0 aliphatic carbocycles. The molecule has 0 radical (unpaired) electrons. The molecule has 0 saturated carbocycles. The molecule has 0 aromatic carbocycles. The molecule has 10 heavy (non-hydrogen) atoms. The standard InChI is InChI=1S/C4H6S.C3H6.C2H6/c1-3-4(2)5;1-3-2;1-2/h3,5H,1-2H2;3H,1H2,2H3;1-2H3. The van der Waals surface area contributed by atoms with Crippen LogP contribution in [0.25, 0.3) is 0 Å². The van der Waals surface area contributed by atoms with Crippen molar-refractivity contribution in [1.29, 1.82) is 0 Å². The second-order valence-electron chi connectivity index (χ2n) is 1.10. The van der Waals surface area contributed by atoms with Gasteiger partial charge in [-0.25, -0.2) is 0 Å². The fraction of sp³-hybridized carbons (Fsp3) is 0.333. The third kappa shape index (κ3) is 133. The van der Waals surface area contributed by atoms with Crippen LogP contribution in [0.4, 0.5) is 0 Å². The van der Waals surface area contributed by atoms with Crippen LogP contribution in [0.3, 0.4) is 0 Å². The Kier molecular flexibility index (Phi) is 38.3. The van der Waals surface area contributed by atoms with Gasteiger partial charge in [0, 0.05) is 0 Å². The number of rotatable bonds is 1. The Morgan fingerprint density at radius 2 is 1.40 bits per heavy atom. The fourth-order valence-corrected chi connectivity index (χ4v) is 0. The van der Waals surface area contributed by atoms with Crippen molar-refractivity contribution >= 4 is 12.6 Å². The lowest BCUT2D eigenvalue weighted by atomic mass is 10.6. The van der Waals surface area contributed by atoms with Gasteiger partial charge in [-0.05, 0) is 11.8 Å². The summed E-state index contributed by atoms with van der Waals surface area (Å²) in [6, 6.07) is 0. The van der Waals surface area contributed by atoms with E-state index in [0.717, 1.165) is 0 Å². The molecule has 1 heteroatoms. The maximum Gasteiger partial charge on any atom is -0.00379 e. The molecule has 60 valence electrons. The van der Waals surface area contributed by atoms with Gasteiger partial charge in [-0.2, -0.15) is 0 Å². The molecule has 0 aromatic rings. The predicted octanol–water partition coefficient (Wildman–Crippen LogP) is 3.83. The summed E-state index contributed by atoms with van der Waals surface area (Å²) in [6.45, 7) is 16.1. The number of thiol groups is 1. The van der Waals surface area contributed by atoms with Gasteiger partial charge < -0.3 is 0 Å². The van der Waals surface area contributed by atoms with Crippen molar-refractivity contribution in [2.75, 3.05) is 0 Å². The molecular formula is C9H18S. The van der Waals surface area contributed by atoms with Crippen LogP contribution in [-0.4, -0.2) is 0 Å². The molecule has 0 spiro atoms. The lowest BCUT2D eigenvalue weighted by molar-refractivity contribution is 1.50. The molecule has 0 aliphatic heterocycles. The number of hydrogen-bond donors (Lipinski definition) is 1. The molecule has 0 rings (SSSR count). The molecule has 0 heterocycles. The first kappa shape index (κ1) is 16.3. The van der Waals surface area contributed by atoms with Gasteiger partial charge in [0.15, 0.2) is 0 Å². The molecule has 0 fully saturated rings. The van der Waals surface area contributed by atoms with Crippen molar-refractivity contribution in [3.8, 4) is 0 Å². The molecule has 0 atom stereocenters. The highest BCUT2D eigenvalue weighted by atomic mass is 32.1. The first-order valence-corrected chi connectivity index (χ1v) is 3.71. The Labute approximate surface area is 70.8 Å². The van der Waals surface area contributed by atoms with Crippen LogP contribution in [0.1, 0.15) is 20.8 Å². The predicted molar refractivity (Wildman–Crippen MR) is 55.5 cm³/mol. The average Bonchev–Trinajstić information content (AvgIpc) is 1.94. The molecule has 0 bridgehead atoms. The van der Waals surface area contributed by atoms with Crippen molar-refractivity contribution in [2.24, 2.45) is 0 Å². The first-order chi connectivity index (χ1) is 4.68. The molecule has 0 nitrogen and oxygen atoms in total. The summed E-state index contributed by atoms with van der Waals surface area (Å²) < 4.78 is 0. The summed E-state index contributed by atoms with van der Waals surface area (Å²) in [4.78, 5) is 0.713. The van der Waals surface area contributed by atoms with E-state index in [1.54, 1.807) is 12.2 Å². The second kappa shape index (κ2) is 23.5. The normalized spacial score (nSPS) is 5.20. The van der Waals surface area contributed by atoms with Crippen molar-refractivity contribution < 1.29 is 0 Å². The zero-order chi connectivity index (χ0) is 8.99. The minimum absolute atomic E-state index is 0.713. The van der Waals surface area contributed by atoms with Gasteiger partial charge in [0.25, 0.3) is 0 Å². The molecule has 0 aliphatic rings. The Hall–Kier alpha value is -0.430. The maximum absolute atomic E-state index is 3.79. The highest BCUT2D eigenvalue weighted by molar-refractivity contribution is 7.84. The van der Waals surface area contributed by atoms with E-state index in [1.165, 1.54) is 0 Å². The Bertz CT molecular complexity index is 82.7. The number of allylic oxidation sites excluding steroid dienone is 2. The Balaban J connectivity index is -0.0000000847. The Morgan fingerprint density at radius 3 is 1.40 bits per heavy atom. The summed E-state index contributed by atoms with van der Waals surface area (Å²) in [5, 5.41) is 0. The minimum atomic E-state index is 0.713. The van der Waals surface area contributed by atoms with Crippen LogP contribution in [0.5, 0.6) is 0 Å². The van der Waals surface area contributed by atoms with Crippen molar-refractivity contribution in [2.45, 2.75) is 20.8 Å². The van der Waals surface area contributed by atoms with Crippen molar-refractivity contribution in [1.82, 2.24) is 0 Å². The van der Waals surface area contributed by atoms with E-state index in [4.69, 9.17) is 0 Å². The number of hydrogen-bond acceptors (Lipinski definition) is 1. The molecule has 0 saturated heterocycles. The zero-order valence-corrected chi connectivity index (χ0v) is 8.12. The van der Waals surface area contributed by atoms with Gasteiger partial charge in [0.2, 0.25) is 0 Å². The van der Waals surface area contributed by atoms with Crippen molar-refractivity contribution in [3.63, 3.8) is 0 Å². The van der Waals surface area contributed by atoms with Gasteiger partial charge >= 0.3 is 0 Å². The van der Waals surface area contributed by atoms with Gasteiger partial charge in [0.1, 0.15) is 0 Å². The van der Waals surface area contributed by atoms with Crippen LogP contribution in [0, 0.1) is 0 Å². The van der Waals surface area contributed by atoms with Crippen LogP contribution < -0.4 is 0 Å². The molecule has 0 amide bonds. The molecular weight excluding hydrogens is 140 g/mol. The topological polar surface area (TPSA) is 0 Å². The fourth-order valence-electron chi connectivity index (χ4n) is 0. The molecule has 0 aromatic heterocycles. The van der Waals surface area contributed by atoms with E-state index >= 15 is 0 Å². The lowest BCUT2D eigenvalue weighted by Gasteiger charge is -1.70. The minimum Gasteiger partial charge on any atom is -0.144 e. The lowest BCUT2D eigenvalue weighted by Crippen LogP contribution is -1.43. The van der Waals surface area contributed by atoms with E-state index in [9.17, 15) is 0 Å². The van der Waals surface area contributed by atoms with E-state index in [-0.39, 0.29) is 0 Å². The summed E-state index contributed by atoms with van der Waals surface area (Å²) in [5.41, 5.74) is 0. The quantitative estimate of drug-likeness (QED) is 0.334. The van der Waals surface area contributed by atoms with Crippen molar-refractivity contribution in [3.05, 3.63) is 36.8 Å². The maximum atomic E-state index is 3.79. The van der Waals surface area contributed by atoms with Gasteiger partial charge in [-0.15, -0.1) is 19.2 Å². The van der Waals surface area contributed by atoms with Crippen LogP contribution in [-0.2, 0) is 0 Å². The highest BCUT2D eigenvalue weighted by Crippen LogP contribution is 1.91. The molecule has 0 unspecified atom stereocenters. The van der Waals surface area contributed by atoms with Gasteiger partial charge in [-0.3, -0.25) is 0 Å². The van der Waals surface area contributed by atoms with E-state index in [2.05, 4.69) is 32.4 Å². The van der Waals surface area contributed by atoms with E-state index in [1.807, 2.05) is 20.8 Å². The smallest absolute Gasteiger partial charge is 0.00379 e. The summed E-state index contributed by atoms with van der Waals surface area (Å²) >= 11 is 3.79. The summed E-state index contributed by atoms with van der Waals surface area (Å²) in [7, 11) is 0. The monoisotopic (exact) mass is 158 g/mol. The van der Waals surface area contributed by atoms with Crippen LogP contribution in [0.15, 0.2) is 36.8 Å².